The number of benzene rings is 20. The summed E-state index contributed by atoms with van der Waals surface area (Å²) < 4.78 is 146. The minimum atomic E-state index is -1.39. The maximum absolute atomic E-state index is 17.1. The van der Waals surface area contributed by atoms with Gasteiger partial charge in [0.1, 0.15) is 80.7 Å². The van der Waals surface area contributed by atoms with Crippen LogP contribution in [0, 0.1) is 46.5 Å². The van der Waals surface area contributed by atoms with E-state index < -0.39 is 57.4 Å². The average Bonchev–Trinajstić information content (AvgIpc) is 1.55. The Morgan fingerprint density at radius 2 is 0.461 bits per heavy atom. The second kappa shape index (κ2) is 35.9. The number of ether oxygens (including phenoxy) is 2. The molecule has 2 aliphatic rings. The van der Waals surface area contributed by atoms with Crippen LogP contribution in [0.2, 0.25) is 0 Å². The predicted molar refractivity (Wildman–Crippen MR) is 551 cm³/mol. The van der Waals surface area contributed by atoms with E-state index in [9.17, 15) is 8.78 Å². The Kier molecular flexibility index (Phi) is 22.1. The maximum atomic E-state index is 17.1. The van der Waals surface area contributed by atoms with Crippen molar-refractivity contribution in [1.82, 2.24) is 0 Å². The summed E-state index contributed by atoms with van der Waals surface area (Å²) >= 11 is 0. The van der Waals surface area contributed by atoms with Gasteiger partial charge in [-0.1, -0.05) is 183 Å². The van der Waals surface area contributed by atoms with E-state index in [1.54, 1.807) is 60.7 Å². The first kappa shape index (κ1) is 87.0. The quantitative estimate of drug-likeness (QED) is 0.0559. The van der Waals surface area contributed by atoms with Crippen molar-refractivity contribution >= 4 is 102 Å². The molecule has 0 radical (unpaired) electrons. The van der Waals surface area contributed by atoms with Gasteiger partial charge in [0.2, 0.25) is 0 Å². The van der Waals surface area contributed by atoms with Gasteiger partial charge < -0.3 is 33.5 Å². The molecular formula is C126H80F8N4O3. The van der Waals surface area contributed by atoms with Crippen LogP contribution < -0.4 is 29.1 Å². The van der Waals surface area contributed by atoms with E-state index in [-0.39, 0.29) is 11.1 Å². The molecule has 678 valence electrons. The molecule has 20 aromatic carbocycles. The van der Waals surface area contributed by atoms with Gasteiger partial charge in [0, 0.05) is 102 Å². The Morgan fingerprint density at radius 1 is 0.213 bits per heavy atom. The molecule has 0 fully saturated rings. The number of halogens is 8. The van der Waals surface area contributed by atoms with Crippen LogP contribution in [-0.4, -0.2) is 0 Å². The van der Waals surface area contributed by atoms with Crippen molar-refractivity contribution in [3.8, 4) is 67.5 Å². The zero-order valence-corrected chi connectivity index (χ0v) is 75.3. The van der Waals surface area contributed by atoms with Crippen molar-refractivity contribution in [3.63, 3.8) is 0 Å². The van der Waals surface area contributed by atoms with Gasteiger partial charge in [0.05, 0.1) is 10.8 Å². The van der Waals surface area contributed by atoms with Gasteiger partial charge in [0.15, 0.2) is 0 Å². The molecule has 15 heteroatoms. The number of fused-ring (bicyclic) bond motifs is 9. The first-order valence-corrected chi connectivity index (χ1v) is 46.0. The molecular weight excluding hydrogens is 1770 g/mol. The first-order valence-electron chi connectivity index (χ1n) is 46.0. The van der Waals surface area contributed by atoms with Gasteiger partial charge in [-0.05, 0) is 368 Å². The van der Waals surface area contributed by atoms with Gasteiger partial charge in [-0.2, -0.15) is 0 Å². The summed E-state index contributed by atoms with van der Waals surface area (Å²) in [4.78, 5) is 8.11. The van der Waals surface area contributed by atoms with Crippen molar-refractivity contribution in [2.45, 2.75) is 10.8 Å². The number of anilines is 12. The molecule has 23 rings (SSSR count). The highest BCUT2D eigenvalue weighted by atomic mass is 19.2. The maximum Gasteiger partial charge on any atom is 0.137 e. The van der Waals surface area contributed by atoms with Gasteiger partial charge in [-0.3, -0.25) is 0 Å². The third-order valence-corrected chi connectivity index (χ3v) is 27.0. The first-order chi connectivity index (χ1) is 69.0. The average molecular weight is 1850 g/mol. The lowest BCUT2D eigenvalue weighted by Gasteiger charge is -2.35. The summed E-state index contributed by atoms with van der Waals surface area (Å²) in [6.07, 6.45) is 3.51. The Hall–Kier alpha value is -18.1. The third kappa shape index (κ3) is 15.7. The van der Waals surface area contributed by atoms with Crippen LogP contribution >= 0.6 is 0 Å². The third-order valence-electron chi connectivity index (χ3n) is 27.0. The van der Waals surface area contributed by atoms with Gasteiger partial charge in [-0.15, -0.1) is 0 Å². The standard InChI is InChI=1S/C126H80F8N4O3/c1-3-79-13-59-105(60-14-79)139-107-63-25-85(26-64-107)125(119-73-91(131)37-71-121(119)133)115-11-7-5-9-109(115)111-67-55-101(75-117(111)125)135(97-47-29-87(127)30-48-97)93-39-17-81(18-40-93)83-21-43-95(44-22-83)137(99-51-33-89(129)34-52-99)103-57-69-113-114-70-58-104(78-124(114)141-123(113)77-103)138(100-53-35-90(130)36-54-100)96-45-23-84(24-46-96)82-19-41-94(42-20-82)136(98-49-31-88(128)32-50-98)102-56-68-112-110-10-6-8-12-116(110)126(118(112)76-102,120-74-92(132)38-72-122(120)134)86-27-65-108(66-28-86)140-106-61-15-80(4-2)16-62-106/h3-78H,1-2H2. The molecule has 0 amide bonds. The molecule has 0 aliphatic heterocycles. The lowest BCUT2D eigenvalue weighted by Crippen LogP contribution is -2.30. The molecule has 2 unspecified atom stereocenters. The number of nitrogens with zero attached hydrogens (tertiary/aromatic N) is 4. The summed E-state index contributed by atoms with van der Waals surface area (Å²) in [6.45, 7) is 7.74. The molecule has 0 saturated heterocycles. The molecule has 7 nitrogen and oxygen atoms in total. The molecule has 2 aliphatic carbocycles. The van der Waals surface area contributed by atoms with E-state index in [1.807, 2.05) is 335 Å². The van der Waals surface area contributed by atoms with Crippen LogP contribution in [0.1, 0.15) is 55.6 Å². The lowest BCUT2D eigenvalue weighted by atomic mass is 9.67. The molecule has 21 aromatic rings. The van der Waals surface area contributed by atoms with Crippen LogP contribution in [0.15, 0.2) is 466 Å². The van der Waals surface area contributed by atoms with Crippen LogP contribution in [-0.2, 0) is 10.8 Å². The van der Waals surface area contributed by atoms with Gasteiger partial charge in [0.25, 0.3) is 0 Å². The number of rotatable bonds is 24. The van der Waals surface area contributed by atoms with E-state index in [2.05, 4.69) is 13.2 Å². The second-order valence-electron chi connectivity index (χ2n) is 35.0. The Bertz CT molecular complexity index is 7890. The molecule has 0 N–H and O–H groups in total. The highest BCUT2D eigenvalue weighted by Crippen LogP contribution is 2.61. The lowest BCUT2D eigenvalue weighted by molar-refractivity contribution is 0.481. The summed E-state index contributed by atoms with van der Waals surface area (Å²) in [7, 11) is 0. The highest BCUT2D eigenvalue weighted by Gasteiger charge is 2.50. The van der Waals surface area contributed by atoms with Crippen molar-refractivity contribution in [2.75, 3.05) is 19.6 Å². The summed E-state index contributed by atoms with van der Waals surface area (Å²) in [6, 6.07) is 134. The Balaban J connectivity index is 0.539. The summed E-state index contributed by atoms with van der Waals surface area (Å²) in [5, 5.41) is 1.70. The monoisotopic (exact) mass is 1850 g/mol. The second-order valence-corrected chi connectivity index (χ2v) is 35.0. The van der Waals surface area contributed by atoms with Gasteiger partial charge in [-0.25, -0.2) is 35.1 Å². The zero-order valence-electron chi connectivity index (χ0n) is 75.3. The van der Waals surface area contributed by atoms with Crippen molar-refractivity contribution < 1.29 is 49.0 Å². The summed E-state index contributed by atoms with van der Waals surface area (Å²) in [5.74, 6) is -1.70. The predicted octanol–water partition coefficient (Wildman–Crippen LogP) is 35.5. The minimum absolute atomic E-state index is 0.125. The fraction of sp³-hybridized carbons (Fsp3) is 0.0159. The highest BCUT2D eigenvalue weighted by molar-refractivity contribution is 6.08. The van der Waals surface area contributed by atoms with E-state index in [4.69, 9.17) is 13.9 Å². The largest absolute Gasteiger partial charge is 0.457 e. The molecule has 0 bridgehead atoms. The molecule has 1 heterocycles. The van der Waals surface area contributed by atoms with Crippen LogP contribution in [0.4, 0.5) is 103 Å². The molecule has 0 saturated carbocycles. The summed E-state index contributed by atoms with van der Waals surface area (Å²) in [5.41, 5.74) is 20.2. The molecule has 2 atom stereocenters. The van der Waals surface area contributed by atoms with Crippen molar-refractivity contribution in [1.29, 1.82) is 0 Å². The normalized spacial score (nSPS) is 13.8. The van der Waals surface area contributed by atoms with E-state index in [1.165, 1.54) is 72.8 Å². The van der Waals surface area contributed by atoms with Crippen molar-refractivity contribution in [3.05, 3.63) is 564 Å². The van der Waals surface area contributed by atoms with E-state index in [0.29, 0.717) is 90.5 Å². The van der Waals surface area contributed by atoms with Crippen molar-refractivity contribution in [2.24, 2.45) is 0 Å². The van der Waals surface area contributed by atoms with E-state index >= 15 is 26.3 Å². The van der Waals surface area contributed by atoms with Crippen LogP contribution in [0.3, 0.4) is 0 Å². The Morgan fingerprint density at radius 3 is 0.759 bits per heavy atom. The topological polar surface area (TPSA) is 44.6 Å². The fourth-order valence-corrected chi connectivity index (χ4v) is 20.5. The van der Waals surface area contributed by atoms with Gasteiger partial charge >= 0.3 is 0 Å². The van der Waals surface area contributed by atoms with E-state index in [0.717, 1.165) is 124 Å². The molecule has 0 spiro atoms. The smallest absolute Gasteiger partial charge is 0.137 e. The fourth-order valence-electron chi connectivity index (χ4n) is 20.5. The SMILES string of the molecule is C=Cc1ccc(Oc2ccc(C3(c4cc(F)ccc4F)c4ccccc4-c4ccc(N(c5ccc(F)cc5)c5ccc(-c6ccc(N(c7ccc(F)cc7)c7ccc8c(c7)oc7cc(N(c9ccc(F)cc9)c9ccc(-c%10ccc(N(c%11ccc(F)cc%11)c%11ccc%12c(c%11)C(c%11ccc(Oc%13ccc(C=C)cc%13)cc%11)(c%11cc(F)ccc%11F)c%11ccccc%11-%12)cc%10)cc9)ccc78)cc6)cc5)cc43)cc2)cc1. The molecule has 1 aromatic heterocycles. The molecule has 141 heavy (non-hydrogen) atoms. The Labute approximate surface area is 808 Å². The number of hydrogen-bond acceptors (Lipinski definition) is 7. The number of furan rings is 1. The minimum Gasteiger partial charge on any atom is -0.457 e. The van der Waals surface area contributed by atoms with Crippen LogP contribution in [0.5, 0.6) is 23.0 Å². The van der Waals surface area contributed by atoms with Crippen LogP contribution in [0.25, 0.3) is 78.6 Å². The number of hydrogen-bond donors (Lipinski definition) is 0. The zero-order chi connectivity index (χ0) is 95.7.